The van der Waals surface area contributed by atoms with Gasteiger partial charge in [0.25, 0.3) is 0 Å². The largest absolute Gasteiger partial charge is 0.368 e. The average Bonchev–Trinajstić information content (AvgIpc) is 2.45. The van der Waals surface area contributed by atoms with E-state index in [1.54, 1.807) is 7.05 Å². The second-order valence-electron chi connectivity index (χ2n) is 6.91. The van der Waals surface area contributed by atoms with E-state index >= 15 is 0 Å². The monoisotopic (exact) mass is 298 g/mol. The summed E-state index contributed by atoms with van der Waals surface area (Å²) in [4.78, 5) is 16.3. The molecule has 1 saturated heterocycles. The molecule has 0 radical (unpaired) electrons. The second kappa shape index (κ2) is 8.71. The number of carbonyl (C=O) groups excluding carboxylic acids is 1. The molecule has 0 aromatic heterocycles. The van der Waals surface area contributed by atoms with Crippen LogP contribution in [0.15, 0.2) is 0 Å². The molecule has 1 rings (SSSR count). The minimum atomic E-state index is -0.563. The smallest absolute Gasteiger partial charge is 0.237 e. The van der Waals surface area contributed by atoms with Crippen molar-refractivity contribution in [2.75, 3.05) is 47.3 Å². The van der Waals surface area contributed by atoms with Gasteiger partial charge in [-0.3, -0.25) is 4.79 Å². The van der Waals surface area contributed by atoms with Crippen LogP contribution >= 0.6 is 0 Å². The van der Waals surface area contributed by atoms with Gasteiger partial charge in [0.05, 0.1) is 5.54 Å². The number of piperidine rings is 1. The Morgan fingerprint density at radius 2 is 2.00 bits per heavy atom. The van der Waals surface area contributed by atoms with E-state index in [1.165, 1.54) is 32.5 Å². The number of nitrogens with one attached hydrogen (secondary N) is 1. The molecule has 1 heterocycles. The van der Waals surface area contributed by atoms with Crippen molar-refractivity contribution in [2.24, 2.45) is 11.7 Å². The van der Waals surface area contributed by atoms with Crippen LogP contribution in [0, 0.1) is 5.92 Å². The van der Waals surface area contributed by atoms with Crippen molar-refractivity contribution in [3.05, 3.63) is 0 Å². The molecule has 1 aliphatic rings. The molecule has 1 amide bonds. The lowest BCUT2D eigenvalue weighted by atomic mass is 9.94. The summed E-state index contributed by atoms with van der Waals surface area (Å²) >= 11 is 0. The molecule has 124 valence electrons. The average molecular weight is 298 g/mol. The van der Waals surface area contributed by atoms with Gasteiger partial charge in [0.1, 0.15) is 0 Å². The summed E-state index contributed by atoms with van der Waals surface area (Å²) in [5.74, 6) is 0.587. The number of likely N-dealkylation sites (N-methyl/N-ethyl adjacent to an activating group) is 1. The molecule has 1 unspecified atom stereocenters. The number of nitrogens with zero attached hydrogens (tertiary/aromatic N) is 2. The van der Waals surface area contributed by atoms with E-state index in [0.717, 1.165) is 31.7 Å². The SMILES string of the molecule is CNC(C)(CCCCN(C)CC1CCN(C)CC1)C(N)=O. The van der Waals surface area contributed by atoms with E-state index < -0.39 is 5.54 Å². The summed E-state index contributed by atoms with van der Waals surface area (Å²) in [7, 11) is 6.22. The third-order valence-corrected chi connectivity index (χ3v) is 4.97. The number of primary amides is 1. The number of hydrogen-bond acceptors (Lipinski definition) is 4. The first-order valence-corrected chi connectivity index (χ1v) is 8.23. The van der Waals surface area contributed by atoms with Crippen LogP contribution in [0.3, 0.4) is 0 Å². The Morgan fingerprint density at radius 3 is 2.52 bits per heavy atom. The van der Waals surface area contributed by atoms with Crippen LogP contribution in [0.5, 0.6) is 0 Å². The Hall–Kier alpha value is -0.650. The van der Waals surface area contributed by atoms with Gasteiger partial charge >= 0.3 is 0 Å². The van der Waals surface area contributed by atoms with Gasteiger partial charge in [-0.2, -0.15) is 0 Å². The first-order valence-electron chi connectivity index (χ1n) is 8.23. The highest BCUT2D eigenvalue weighted by molar-refractivity contribution is 5.84. The Kier molecular flexibility index (Phi) is 7.63. The van der Waals surface area contributed by atoms with Crippen molar-refractivity contribution >= 4 is 5.91 Å². The molecule has 3 N–H and O–H groups in total. The second-order valence-corrected chi connectivity index (χ2v) is 6.91. The van der Waals surface area contributed by atoms with Crippen LogP contribution in [0.4, 0.5) is 0 Å². The van der Waals surface area contributed by atoms with Gasteiger partial charge in [0.15, 0.2) is 0 Å². The number of amides is 1. The molecule has 0 bridgehead atoms. The summed E-state index contributed by atoms with van der Waals surface area (Å²) in [5.41, 5.74) is 4.88. The molecule has 0 aromatic rings. The number of unbranched alkanes of at least 4 members (excludes halogenated alkanes) is 1. The predicted molar refractivity (Wildman–Crippen MR) is 88.2 cm³/mol. The lowest BCUT2D eigenvalue weighted by Gasteiger charge is -2.32. The third kappa shape index (κ3) is 6.32. The molecule has 1 fully saturated rings. The maximum absolute atomic E-state index is 11.4. The molecule has 21 heavy (non-hydrogen) atoms. The van der Waals surface area contributed by atoms with E-state index in [9.17, 15) is 4.79 Å². The number of rotatable bonds is 9. The zero-order chi connectivity index (χ0) is 15.9. The number of hydrogen-bond donors (Lipinski definition) is 2. The molecule has 1 aliphatic heterocycles. The van der Waals surface area contributed by atoms with Crippen LogP contribution in [-0.4, -0.2) is 68.6 Å². The Bertz CT molecular complexity index is 315. The van der Waals surface area contributed by atoms with Gasteiger partial charge in [0, 0.05) is 6.54 Å². The zero-order valence-electron chi connectivity index (χ0n) is 14.3. The van der Waals surface area contributed by atoms with Crippen molar-refractivity contribution < 1.29 is 4.79 Å². The lowest BCUT2D eigenvalue weighted by Crippen LogP contribution is -2.51. The highest BCUT2D eigenvalue weighted by atomic mass is 16.1. The molecular weight excluding hydrogens is 264 g/mol. The van der Waals surface area contributed by atoms with Crippen molar-refractivity contribution in [1.29, 1.82) is 0 Å². The Labute approximate surface area is 130 Å². The van der Waals surface area contributed by atoms with Gasteiger partial charge in [-0.05, 0) is 85.7 Å². The lowest BCUT2D eigenvalue weighted by molar-refractivity contribution is -0.123. The summed E-state index contributed by atoms with van der Waals surface area (Å²) < 4.78 is 0. The fourth-order valence-corrected chi connectivity index (χ4v) is 3.01. The van der Waals surface area contributed by atoms with E-state index in [4.69, 9.17) is 5.73 Å². The van der Waals surface area contributed by atoms with E-state index in [0.29, 0.717) is 0 Å². The van der Waals surface area contributed by atoms with Crippen LogP contribution in [0.25, 0.3) is 0 Å². The number of nitrogens with two attached hydrogens (primary N) is 1. The fraction of sp³-hybridized carbons (Fsp3) is 0.938. The standard InChI is InChI=1S/C16H34N4O/c1-16(18-2,15(17)21)9-5-6-10-20(4)13-14-7-11-19(3)12-8-14/h14,18H,5-13H2,1-4H3,(H2,17,21). The summed E-state index contributed by atoms with van der Waals surface area (Å²) in [6.07, 6.45) is 5.59. The minimum Gasteiger partial charge on any atom is -0.368 e. The summed E-state index contributed by atoms with van der Waals surface area (Å²) in [5, 5.41) is 3.04. The quantitative estimate of drug-likeness (QED) is 0.621. The molecule has 0 saturated carbocycles. The molecule has 0 spiro atoms. The van der Waals surface area contributed by atoms with Gasteiger partial charge in [-0.25, -0.2) is 0 Å². The first kappa shape index (κ1) is 18.4. The van der Waals surface area contributed by atoms with E-state index in [2.05, 4.69) is 29.2 Å². The highest BCUT2D eigenvalue weighted by Gasteiger charge is 2.28. The zero-order valence-corrected chi connectivity index (χ0v) is 14.3. The predicted octanol–water partition coefficient (Wildman–Crippen LogP) is 0.894. The van der Waals surface area contributed by atoms with Crippen LogP contribution in [0.2, 0.25) is 0 Å². The molecule has 0 aromatic carbocycles. The van der Waals surface area contributed by atoms with Gasteiger partial charge in [-0.15, -0.1) is 0 Å². The van der Waals surface area contributed by atoms with E-state index in [-0.39, 0.29) is 5.91 Å². The molecule has 5 nitrogen and oxygen atoms in total. The normalized spacial score (nSPS) is 20.6. The molecular formula is C16H34N4O. The van der Waals surface area contributed by atoms with Crippen molar-refractivity contribution in [2.45, 2.75) is 44.6 Å². The molecule has 1 atom stereocenters. The summed E-state index contributed by atoms with van der Waals surface area (Å²) in [6, 6.07) is 0. The van der Waals surface area contributed by atoms with E-state index in [1.807, 2.05) is 6.92 Å². The fourth-order valence-electron chi connectivity index (χ4n) is 3.01. The minimum absolute atomic E-state index is 0.260. The summed E-state index contributed by atoms with van der Waals surface area (Å²) in [6.45, 7) is 6.66. The first-order chi connectivity index (χ1) is 9.87. The van der Waals surface area contributed by atoms with Gasteiger partial charge < -0.3 is 20.9 Å². The van der Waals surface area contributed by atoms with Crippen molar-refractivity contribution in [3.63, 3.8) is 0 Å². The number of carbonyl (C=O) groups is 1. The molecule has 0 aliphatic carbocycles. The van der Waals surface area contributed by atoms with Gasteiger partial charge in [-0.1, -0.05) is 0 Å². The van der Waals surface area contributed by atoms with Crippen LogP contribution < -0.4 is 11.1 Å². The Morgan fingerprint density at radius 1 is 1.38 bits per heavy atom. The number of likely N-dealkylation sites (tertiary alicyclic amines) is 1. The highest BCUT2D eigenvalue weighted by Crippen LogP contribution is 2.17. The Balaban J connectivity index is 2.16. The third-order valence-electron chi connectivity index (χ3n) is 4.97. The van der Waals surface area contributed by atoms with Gasteiger partial charge in [0.2, 0.25) is 5.91 Å². The van der Waals surface area contributed by atoms with Crippen molar-refractivity contribution in [3.8, 4) is 0 Å². The molecule has 5 heteroatoms. The van der Waals surface area contributed by atoms with Crippen LogP contribution in [-0.2, 0) is 4.79 Å². The van der Waals surface area contributed by atoms with Crippen LogP contribution in [0.1, 0.15) is 39.0 Å². The maximum atomic E-state index is 11.4. The van der Waals surface area contributed by atoms with Crippen molar-refractivity contribution in [1.82, 2.24) is 15.1 Å². The topological polar surface area (TPSA) is 61.6 Å². The maximum Gasteiger partial charge on any atom is 0.237 e.